The quantitative estimate of drug-likeness (QED) is 0.847. The van der Waals surface area contributed by atoms with E-state index in [2.05, 4.69) is 5.32 Å². The number of nitrogens with one attached hydrogen (secondary N) is 1. The normalized spacial score (nSPS) is 12.1. The number of rotatable bonds is 4. The number of carbonyl (C=O) groups excluding carboxylic acids is 1. The fraction of sp³-hybridized carbons (Fsp3) is 0.235. The molecule has 0 unspecified atom stereocenters. The summed E-state index contributed by atoms with van der Waals surface area (Å²) in [5.41, 5.74) is 1.37. The molecule has 0 spiro atoms. The zero-order chi connectivity index (χ0) is 17.1. The molecule has 1 aliphatic heterocycles. The van der Waals surface area contributed by atoms with E-state index in [9.17, 15) is 4.79 Å². The number of hydrogen-bond donors (Lipinski definition) is 1. The third-order valence-electron chi connectivity index (χ3n) is 3.68. The van der Waals surface area contributed by atoms with Crippen molar-refractivity contribution in [3.63, 3.8) is 0 Å². The number of hydrogen-bond acceptors (Lipinski definition) is 3. The van der Waals surface area contributed by atoms with Gasteiger partial charge >= 0.3 is 6.03 Å². The van der Waals surface area contributed by atoms with Crippen LogP contribution < -0.4 is 14.8 Å². The molecular formula is C17H16Cl2N2O3. The van der Waals surface area contributed by atoms with Gasteiger partial charge in [0.1, 0.15) is 0 Å². The molecule has 0 saturated carbocycles. The molecule has 5 nitrogen and oxygen atoms in total. The van der Waals surface area contributed by atoms with Gasteiger partial charge in [-0.3, -0.25) is 0 Å². The Morgan fingerprint density at radius 2 is 2.08 bits per heavy atom. The van der Waals surface area contributed by atoms with E-state index in [-0.39, 0.29) is 12.8 Å². The molecule has 0 bridgehead atoms. The minimum Gasteiger partial charge on any atom is -0.454 e. The zero-order valence-electron chi connectivity index (χ0n) is 13.0. The van der Waals surface area contributed by atoms with Crippen molar-refractivity contribution in [3.05, 3.63) is 52.0 Å². The average molecular weight is 367 g/mol. The van der Waals surface area contributed by atoms with Gasteiger partial charge in [0.05, 0.1) is 17.3 Å². The lowest BCUT2D eigenvalue weighted by Crippen LogP contribution is -2.34. The number of halogens is 2. The van der Waals surface area contributed by atoms with Crippen LogP contribution in [-0.2, 0) is 6.54 Å². The summed E-state index contributed by atoms with van der Waals surface area (Å²) in [7, 11) is 0. The number of nitrogens with zero attached hydrogens (tertiary/aromatic N) is 1. The second-order valence-corrected chi connectivity index (χ2v) is 6.06. The van der Waals surface area contributed by atoms with E-state index < -0.39 is 0 Å². The number of benzene rings is 2. The fourth-order valence-corrected chi connectivity index (χ4v) is 2.77. The standard InChI is InChI=1S/C17H16Cl2N2O3/c1-2-21(9-11-4-3-5-15-16(11)24-10-23-15)17(22)20-14-8-12(18)6-7-13(14)19/h3-8H,2,9-10H2,1H3,(H,20,22). The molecule has 126 valence electrons. The Kier molecular flexibility index (Phi) is 5.02. The Balaban J connectivity index is 1.75. The van der Waals surface area contributed by atoms with Crippen molar-refractivity contribution < 1.29 is 14.3 Å². The Hall–Kier alpha value is -2.11. The molecular weight excluding hydrogens is 351 g/mol. The Bertz CT molecular complexity index is 767. The monoisotopic (exact) mass is 366 g/mol. The number of anilines is 1. The lowest BCUT2D eigenvalue weighted by atomic mass is 10.1. The topological polar surface area (TPSA) is 50.8 Å². The van der Waals surface area contributed by atoms with Crippen LogP contribution in [0.1, 0.15) is 12.5 Å². The van der Waals surface area contributed by atoms with E-state index in [0.717, 1.165) is 5.56 Å². The molecule has 0 saturated heterocycles. The Morgan fingerprint density at radius 1 is 1.25 bits per heavy atom. The SMILES string of the molecule is CCN(Cc1cccc2c1OCO2)C(=O)Nc1cc(Cl)ccc1Cl. The summed E-state index contributed by atoms with van der Waals surface area (Å²) in [5, 5.41) is 3.72. The highest BCUT2D eigenvalue weighted by molar-refractivity contribution is 6.35. The summed E-state index contributed by atoms with van der Waals surface area (Å²) in [4.78, 5) is 14.2. The third-order valence-corrected chi connectivity index (χ3v) is 4.24. The molecule has 0 atom stereocenters. The van der Waals surface area contributed by atoms with Gasteiger partial charge < -0.3 is 19.7 Å². The molecule has 0 aromatic heterocycles. The number of amides is 2. The predicted molar refractivity (Wildman–Crippen MR) is 94.1 cm³/mol. The molecule has 2 aromatic carbocycles. The predicted octanol–water partition coefficient (Wildman–Crippen LogP) is 4.78. The maximum atomic E-state index is 12.6. The van der Waals surface area contributed by atoms with Gasteiger partial charge in [-0.15, -0.1) is 0 Å². The third kappa shape index (κ3) is 3.52. The summed E-state index contributed by atoms with van der Waals surface area (Å²) in [6.45, 7) is 3.02. The lowest BCUT2D eigenvalue weighted by molar-refractivity contribution is 0.172. The first kappa shape index (κ1) is 16.7. The molecule has 2 aromatic rings. The van der Waals surface area contributed by atoms with E-state index in [4.69, 9.17) is 32.7 Å². The van der Waals surface area contributed by atoms with Gasteiger partial charge in [-0.2, -0.15) is 0 Å². The first-order valence-corrected chi connectivity index (χ1v) is 8.22. The van der Waals surface area contributed by atoms with E-state index in [1.165, 1.54) is 0 Å². The lowest BCUT2D eigenvalue weighted by Gasteiger charge is -2.22. The van der Waals surface area contributed by atoms with Crippen LogP contribution in [0.3, 0.4) is 0 Å². The summed E-state index contributed by atoms with van der Waals surface area (Å²) < 4.78 is 10.9. The second kappa shape index (κ2) is 7.20. The van der Waals surface area contributed by atoms with Crippen molar-refractivity contribution in [2.45, 2.75) is 13.5 Å². The van der Waals surface area contributed by atoms with Gasteiger partial charge in [0.2, 0.25) is 6.79 Å². The maximum Gasteiger partial charge on any atom is 0.322 e. The summed E-state index contributed by atoms with van der Waals surface area (Å²) >= 11 is 12.1. The number of ether oxygens (including phenoxy) is 2. The average Bonchev–Trinajstić information content (AvgIpc) is 3.05. The highest BCUT2D eigenvalue weighted by Crippen LogP contribution is 2.36. The van der Waals surface area contributed by atoms with Gasteiger partial charge in [-0.1, -0.05) is 35.3 Å². The van der Waals surface area contributed by atoms with Crippen LogP contribution >= 0.6 is 23.2 Å². The summed E-state index contributed by atoms with van der Waals surface area (Å²) in [5.74, 6) is 1.38. The van der Waals surface area contributed by atoms with Crippen molar-refractivity contribution in [1.82, 2.24) is 4.90 Å². The summed E-state index contributed by atoms with van der Waals surface area (Å²) in [6.07, 6.45) is 0. The second-order valence-electron chi connectivity index (χ2n) is 5.22. The Morgan fingerprint density at radius 3 is 2.88 bits per heavy atom. The summed E-state index contributed by atoms with van der Waals surface area (Å²) in [6, 6.07) is 10.3. The van der Waals surface area contributed by atoms with Crippen LogP contribution in [0.2, 0.25) is 10.0 Å². The van der Waals surface area contributed by atoms with E-state index in [0.29, 0.717) is 40.3 Å². The number of para-hydroxylation sites is 1. The molecule has 3 rings (SSSR count). The van der Waals surface area contributed by atoms with Crippen LogP contribution in [0.5, 0.6) is 11.5 Å². The first-order chi connectivity index (χ1) is 11.6. The van der Waals surface area contributed by atoms with Crippen molar-refractivity contribution in [1.29, 1.82) is 0 Å². The number of fused-ring (bicyclic) bond motifs is 1. The van der Waals surface area contributed by atoms with Crippen LogP contribution in [0.4, 0.5) is 10.5 Å². The largest absolute Gasteiger partial charge is 0.454 e. The molecule has 2 amide bonds. The molecule has 1 N–H and O–H groups in total. The molecule has 1 aliphatic rings. The number of carbonyl (C=O) groups is 1. The van der Waals surface area contributed by atoms with Gasteiger partial charge in [-0.25, -0.2) is 4.79 Å². The molecule has 24 heavy (non-hydrogen) atoms. The fourth-order valence-electron chi connectivity index (χ4n) is 2.44. The zero-order valence-corrected chi connectivity index (χ0v) is 14.5. The highest BCUT2D eigenvalue weighted by atomic mass is 35.5. The van der Waals surface area contributed by atoms with E-state index >= 15 is 0 Å². The van der Waals surface area contributed by atoms with Gasteiger partial charge in [0, 0.05) is 17.1 Å². The van der Waals surface area contributed by atoms with Crippen molar-refractivity contribution in [3.8, 4) is 11.5 Å². The van der Waals surface area contributed by atoms with Crippen molar-refractivity contribution >= 4 is 34.9 Å². The van der Waals surface area contributed by atoms with Crippen LogP contribution in [0, 0.1) is 0 Å². The van der Waals surface area contributed by atoms with E-state index in [1.54, 1.807) is 23.1 Å². The van der Waals surface area contributed by atoms with Crippen LogP contribution in [0.15, 0.2) is 36.4 Å². The smallest absolute Gasteiger partial charge is 0.322 e. The minimum absolute atomic E-state index is 0.197. The van der Waals surface area contributed by atoms with Crippen LogP contribution in [0.25, 0.3) is 0 Å². The van der Waals surface area contributed by atoms with Gasteiger partial charge in [-0.05, 0) is 31.2 Å². The molecule has 1 heterocycles. The van der Waals surface area contributed by atoms with Gasteiger partial charge in [0.15, 0.2) is 11.5 Å². The number of urea groups is 1. The maximum absolute atomic E-state index is 12.6. The minimum atomic E-state index is -0.266. The Labute approximate surface area is 150 Å². The van der Waals surface area contributed by atoms with E-state index in [1.807, 2.05) is 25.1 Å². The van der Waals surface area contributed by atoms with Crippen LogP contribution in [-0.4, -0.2) is 24.3 Å². The van der Waals surface area contributed by atoms with Crippen molar-refractivity contribution in [2.24, 2.45) is 0 Å². The first-order valence-electron chi connectivity index (χ1n) is 7.47. The van der Waals surface area contributed by atoms with Crippen molar-refractivity contribution in [2.75, 3.05) is 18.7 Å². The van der Waals surface area contributed by atoms with Gasteiger partial charge in [0.25, 0.3) is 0 Å². The molecule has 0 fully saturated rings. The molecule has 0 aliphatic carbocycles. The highest BCUT2D eigenvalue weighted by Gasteiger charge is 2.21. The molecule has 7 heteroatoms. The molecule has 0 radical (unpaired) electrons.